The van der Waals surface area contributed by atoms with Crippen LogP contribution in [0.3, 0.4) is 0 Å². The molecule has 8 nitrogen and oxygen atoms in total. The summed E-state index contributed by atoms with van der Waals surface area (Å²) >= 11 is 0. The van der Waals surface area contributed by atoms with Crippen LogP contribution in [0.5, 0.6) is 0 Å². The monoisotopic (exact) mass is 521 g/mol. The Morgan fingerprint density at radius 2 is 1.77 bits per heavy atom. The summed E-state index contributed by atoms with van der Waals surface area (Å²) in [4.78, 5) is 39.9. The smallest absolute Gasteiger partial charge is 0.349 e. The van der Waals surface area contributed by atoms with Gasteiger partial charge in [-0.25, -0.2) is 9.78 Å². The number of aryl methyl sites for hydroxylation is 1. The van der Waals surface area contributed by atoms with Gasteiger partial charge in [0.2, 0.25) is 0 Å². The number of aromatic nitrogens is 4. The zero-order valence-corrected chi connectivity index (χ0v) is 21.9. The second-order valence-electron chi connectivity index (χ2n) is 10.5. The second-order valence-corrected chi connectivity index (χ2v) is 10.5. The van der Waals surface area contributed by atoms with Gasteiger partial charge in [-0.3, -0.25) is 9.36 Å². The summed E-state index contributed by atoms with van der Waals surface area (Å²) in [6, 6.07) is 22.1. The van der Waals surface area contributed by atoms with Gasteiger partial charge in [0.15, 0.2) is 0 Å². The first kappa shape index (κ1) is 24.9. The van der Waals surface area contributed by atoms with E-state index in [1.54, 1.807) is 6.20 Å². The van der Waals surface area contributed by atoms with E-state index in [9.17, 15) is 14.7 Å². The third-order valence-corrected chi connectivity index (χ3v) is 7.80. The highest BCUT2D eigenvalue weighted by Crippen LogP contribution is 2.30. The fraction of sp³-hybridized carbons (Fsp3) is 0.290. The van der Waals surface area contributed by atoms with Gasteiger partial charge in [-0.05, 0) is 54.7 Å². The lowest BCUT2D eigenvalue weighted by Gasteiger charge is -2.32. The third kappa shape index (κ3) is 5.14. The van der Waals surface area contributed by atoms with Gasteiger partial charge in [0.05, 0.1) is 17.0 Å². The van der Waals surface area contributed by atoms with Crippen molar-refractivity contribution in [3.63, 3.8) is 0 Å². The van der Waals surface area contributed by atoms with Crippen molar-refractivity contribution >= 4 is 33.6 Å². The van der Waals surface area contributed by atoms with Crippen LogP contribution >= 0.6 is 0 Å². The van der Waals surface area contributed by atoms with E-state index in [1.807, 2.05) is 73.7 Å². The third-order valence-electron chi connectivity index (χ3n) is 7.80. The molecule has 2 aromatic heterocycles. The van der Waals surface area contributed by atoms with E-state index >= 15 is 0 Å². The molecule has 198 valence electrons. The number of hydrogen-bond acceptors (Lipinski definition) is 5. The van der Waals surface area contributed by atoms with Gasteiger partial charge in [0.1, 0.15) is 11.6 Å². The number of H-pyrrole nitrogens is 1. The number of fused-ring (bicyclic) bond motifs is 2. The van der Waals surface area contributed by atoms with Gasteiger partial charge in [-0.1, -0.05) is 54.6 Å². The summed E-state index contributed by atoms with van der Waals surface area (Å²) in [7, 11) is 0. The van der Waals surface area contributed by atoms with Gasteiger partial charge in [-0.2, -0.15) is 4.98 Å². The Hall–Kier alpha value is -4.46. The van der Waals surface area contributed by atoms with Crippen LogP contribution in [0.25, 0.3) is 21.8 Å². The first-order valence-corrected chi connectivity index (χ1v) is 13.4. The number of aliphatic carboxylic acids is 1. The number of anilines is 1. The molecule has 0 aliphatic carbocycles. The molecular formula is C31H31N5O3. The highest BCUT2D eigenvalue weighted by Gasteiger charge is 2.26. The van der Waals surface area contributed by atoms with Crippen LogP contribution < -0.4 is 10.6 Å². The Kier molecular flexibility index (Phi) is 6.60. The Morgan fingerprint density at radius 1 is 1.03 bits per heavy atom. The molecule has 0 amide bonds. The number of nitrogens with one attached hydrogen (secondary N) is 1. The van der Waals surface area contributed by atoms with Gasteiger partial charge in [0, 0.05) is 37.3 Å². The fourth-order valence-electron chi connectivity index (χ4n) is 5.69. The summed E-state index contributed by atoms with van der Waals surface area (Å²) in [5.74, 6) is 0.364. The molecule has 1 fully saturated rings. The Bertz CT molecular complexity index is 1680. The molecule has 1 unspecified atom stereocenters. The Balaban J connectivity index is 1.15. The van der Waals surface area contributed by atoms with E-state index in [0.717, 1.165) is 64.7 Å². The number of para-hydroxylation sites is 2. The van der Waals surface area contributed by atoms with Gasteiger partial charge in [0.25, 0.3) is 0 Å². The van der Waals surface area contributed by atoms with Crippen molar-refractivity contribution in [2.75, 3.05) is 18.0 Å². The number of benzene rings is 3. The molecule has 1 aliphatic heterocycles. The Morgan fingerprint density at radius 3 is 2.54 bits per heavy atom. The quantitative estimate of drug-likeness (QED) is 0.315. The van der Waals surface area contributed by atoms with Gasteiger partial charge < -0.3 is 15.0 Å². The van der Waals surface area contributed by atoms with Crippen molar-refractivity contribution in [1.82, 2.24) is 19.5 Å². The first-order valence-electron chi connectivity index (χ1n) is 13.4. The maximum atomic E-state index is 13.0. The van der Waals surface area contributed by atoms with Crippen LogP contribution in [0.1, 0.15) is 35.7 Å². The molecular weight excluding hydrogens is 490 g/mol. The van der Waals surface area contributed by atoms with Gasteiger partial charge >= 0.3 is 11.7 Å². The molecule has 39 heavy (non-hydrogen) atoms. The maximum absolute atomic E-state index is 13.0. The molecule has 0 radical (unpaired) electrons. The van der Waals surface area contributed by atoms with Crippen LogP contribution in [-0.2, 0) is 17.8 Å². The van der Waals surface area contributed by atoms with Crippen molar-refractivity contribution < 1.29 is 9.90 Å². The summed E-state index contributed by atoms with van der Waals surface area (Å²) in [6.07, 6.45) is 3.92. The number of carboxylic acid groups (broad SMARTS) is 1. The van der Waals surface area contributed by atoms with Crippen molar-refractivity contribution in [3.8, 4) is 0 Å². The highest BCUT2D eigenvalue weighted by molar-refractivity contribution is 5.83. The standard InChI is InChI=1S/C31H31N5O3/c1-20-18-36(19-25(30(37)38)17-21-10-11-22-6-2-3-7-24(22)16-21)31(39)34-29(20)35-14-12-23(13-15-35)28-32-26-8-4-5-9-27(26)33-28/h2-11,16,18,23,25H,12-15,17,19H2,1H3,(H,32,33)(H,37,38). The van der Waals surface area contributed by atoms with Gasteiger partial charge in [-0.15, -0.1) is 0 Å². The molecule has 1 atom stereocenters. The molecule has 3 aromatic carbocycles. The average molecular weight is 522 g/mol. The van der Waals surface area contributed by atoms with E-state index < -0.39 is 17.6 Å². The van der Waals surface area contributed by atoms with Crippen LogP contribution in [-0.4, -0.2) is 43.7 Å². The minimum atomic E-state index is -0.926. The number of nitrogens with zero attached hydrogens (tertiary/aromatic N) is 4. The maximum Gasteiger partial charge on any atom is 0.349 e. The molecule has 5 aromatic rings. The number of carbonyl (C=O) groups is 1. The lowest BCUT2D eigenvalue weighted by atomic mass is 9.96. The van der Waals surface area contributed by atoms with E-state index in [-0.39, 0.29) is 6.54 Å². The average Bonchev–Trinajstić information content (AvgIpc) is 3.39. The molecule has 1 saturated heterocycles. The molecule has 2 N–H and O–H groups in total. The molecule has 0 bridgehead atoms. The summed E-state index contributed by atoms with van der Waals surface area (Å²) in [5.41, 5.74) is 3.42. The number of aromatic amines is 1. The Labute approximate surface area is 226 Å². The largest absolute Gasteiger partial charge is 0.481 e. The van der Waals surface area contributed by atoms with Crippen LogP contribution in [0.4, 0.5) is 5.82 Å². The van der Waals surface area contributed by atoms with E-state index in [1.165, 1.54) is 4.57 Å². The topological polar surface area (TPSA) is 104 Å². The summed E-state index contributed by atoms with van der Waals surface area (Å²) in [6.45, 7) is 3.56. The van der Waals surface area contributed by atoms with E-state index in [0.29, 0.717) is 18.2 Å². The fourth-order valence-corrected chi connectivity index (χ4v) is 5.69. The summed E-state index contributed by atoms with van der Waals surface area (Å²) < 4.78 is 1.44. The lowest BCUT2D eigenvalue weighted by molar-refractivity contribution is -0.142. The number of carboxylic acids is 1. The molecule has 0 saturated carbocycles. The van der Waals surface area contributed by atoms with Crippen LogP contribution in [0, 0.1) is 12.8 Å². The lowest BCUT2D eigenvalue weighted by Crippen LogP contribution is -2.37. The summed E-state index contributed by atoms with van der Waals surface area (Å²) in [5, 5.41) is 12.1. The molecule has 0 spiro atoms. The van der Waals surface area contributed by atoms with E-state index in [4.69, 9.17) is 4.98 Å². The number of rotatable bonds is 7. The zero-order valence-electron chi connectivity index (χ0n) is 21.9. The van der Waals surface area contributed by atoms with Crippen molar-refractivity contribution in [2.24, 2.45) is 5.92 Å². The normalized spacial score (nSPS) is 15.2. The zero-order chi connectivity index (χ0) is 26.9. The number of hydrogen-bond donors (Lipinski definition) is 2. The van der Waals surface area contributed by atoms with Crippen molar-refractivity contribution in [3.05, 3.63) is 100 Å². The van der Waals surface area contributed by atoms with Crippen molar-refractivity contribution in [1.29, 1.82) is 0 Å². The minimum absolute atomic E-state index is 0.0727. The molecule has 1 aliphatic rings. The number of imidazole rings is 1. The molecule has 8 heteroatoms. The minimum Gasteiger partial charge on any atom is -0.481 e. The predicted molar refractivity (Wildman–Crippen MR) is 152 cm³/mol. The first-order chi connectivity index (χ1) is 18.9. The molecule has 3 heterocycles. The van der Waals surface area contributed by atoms with E-state index in [2.05, 4.69) is 14.9 Å². The van der Waals surface area contributed by atoms with Crippen LogP contribution in [0.15, 0.2) is 77.7 Å². The molecule has 6 rings (SSSR count). The second kappa shape index (κ2) is 10.4. The van der Waals surface area contributed by atoms with Crippen molar-refractivity contribution in [2.45, 2.75) is 38.6 Å². The highest BCUT2D eigenvalue weighted by atomic mass is 16.4. The van der Waals surface area contributed by atoms with Crippen LogP contribution in [0.2, 0.25) is 0 Å². The SMILES string of the molecule is Cc1cn(CC(Cc2ccc3ccccc3c2)C(=O)O)c(=O)nc1N1CCC(c2nc3ccccc3[nH]2)CC1. The number of piperidine rings is 1. The predicted octanol–water partition coefficient (Wildman–Crippen LogP) is 4.91.